The van der Waals surface area contributed by atoms with Crippen molar-refractivity contribution in [2.24, 2.45) is 21.0 Å². The molecule has 0 fully saturated rings. The molecule has 20 aromatic heterocycles. The lowest BCUT2D eigenvalue weighted by Gasteiger charge is -2.02. The van der Waals surface area contributed by atoms with Crippen molar-refractivity contribution in [2.75, 3.05) is 0 Å². The second kappa shape index (κ2) is 22.1. The lowest BCUT2D eigenvalue weighted by Crippen LogP contribution is -2.31. The molecule has 0 spiro atoms. The molecule has 25 heterocycles. The number of oxazole rings is 1. The van der Waals surface area contributed by atoms with E-state index in [1.807, 2.05) is 136 Å². The van der Waals surface area contributed by atoms with Gasteiger partial charge in [-0.1, -0.05) is 29.5 Å². The number of hydrogen-bond donors (Lipinski definition) is 0. The van der Waals surface area contributed by atoms with Crippen molar-refractivity contribution in [3.8, 4) is 62.7 Å². The highest BCUT2D eigenvalue weighted by atomic mass is 32.1. The number of pyridine rings is 6. The first-order chi connectivity index (χ1) is 53.8. The molecule has 1 aromatic carbocycles. The number of fused-ring (bicyclic) bond motifs is 35. The Bertz CT molecular complexity index is 7260. The zero-order chi connectivity index (χ0) is 73.6. The van der Waals surface area contributed by atoms with E-state index in [1.165, 1.54) is 76.6 Å². The Morgan fingerprint density at radius 3 is 1.60 bits per heavy atom. The molecule has 0 radical (unpaired) electrons. The summed E-state index contributed by atoms with van der Waals surface area (Å²) >= 11 is 1.54. The first kappa shape index (κ1) is 52.2. The Balaban J connectivity index is 0.0000000850. The molecule has 0 N–H and O–H groups in total. The molecule has 104 heavy (non-hydrogen) atoms. The van der Waals surface area contributed by atoms with Gasteiger partial charge in [0.1, 0.15) is 34.9 Å². The van der Waals surface area contributed by atoms with Gasteiger partial charge in [0, 0.05) is 146 Å². The maximum absolute atomic E-state index is 8.05. The normalized spacial score (nSPS) is 14.0. The van der Waals surface area contributed by atoms with E-state index in [2.05, 4.69) is 160 Å². The number of hydrogen-bond acceptors (Lipinski definition) is 12. The quantitative estimate of drug-likeness (QED) is 0.142. The molecule has 0 saturated carbocycles. The van der Waals surface area contributed by atoms with Crippen molar-refractivity contribution in [1.29, 1.82) is 0 Å². The molecule has 5 aliphatic heterocycles. The highest BCUT2D eigenvalue weighted by Crippen LogP contribution is 2.40. The number of aryl methyl sites for hydroxylation is 3. The minimum atomic E-state index is -2.28. The van der Waals surface area contributed by atoms with Crippen LogP contribution in [0.3, 0.4) is 0 Å². The first-order valence-electron chi connectivity index (χ1n) is 36.8. The number of nitrogens with zero attached hydrogens (tertiary/aromatic N) is 23. The van der Waals surface area contributed by atoms with Gasteiger partial charge in [-0.2, -0.15) is 9.13 Å². The molecule has 0 amide bonds. The van der Waals surface area contributed by atoms with E-state index < -0.39 is 14.0 Å². The number of aromatic nitrogens is 23. The van der Waals surface area contributed by atoms with E-state index in [9.17, 15) is 0 Å². The second-order valence-electron chi connectivity index (χ2n) is 26.1. The zero-order valence-electron chi connectivity index (χ0n) is 61.2. The van der Waals surface area contributed by atoms with E-state index in [0.717, 1.165) is 130 Å². The van der Waals surface area contributed by atoms with Gasteiger partial charge < -0.3 is 4.42 Å². The van der Waals surface area contributed by atoms with Gasteiger partial charge in [-0.05, 0) is 78.9 Å². The first-order valence-corrected chi connectivity index (χ1v) is 34.6. The third-order valence-electron chi connectivity index (χ3n) is 20.6. The summed E-state index contributed by atoms with van der Waals surface area (Å²) in [6.07, 6.45) is 35.2. The molecule has 0 bridgehead atoms. The smallest absolute Gasteiger partial charge is 0.380 e. The lowest BCUT2D eigenvalue weighted by molar-refractivity contribution is -0.649. The zero-order valence-corrected chi connectivity index (χ0v) is 56.0. The van der Waals surface area contributed by atoms with Crippen LogP contribution in [0, 0.1) is 0 Å². The summed E-state index contributed by atoms with van der Waals surface area (Å²) in [5.41, 5.74) is 25.0. The summed E-state index contributed by atoms with van der Waals surface area (Å²) < 4.78 is 80.9. The van der Waals surface area contributed by atoms with Gasteiger partial charge in [0.2, 0.25) is 16.5 Å². The third-order valence-corrected chi connectivity index (χ3v) is 21.7. The Morgan fingerprint density at radius 1 is 0.452 bits per heavy atom. The van der Waals surface area contributed by atoms with E-state index in [0.29, 0.717) is 24.6 Å². The minimum absolute atomic E-state index is 0.620. The second-order valence-corrected chi connectivity index (χ2v) is 27.1. The van der Waals surface area contributed by atoms with Crippen LogP contribution in [0.25, 0.3) is 151 Å². The maximum atomic E-state index is 8.05. The Hall–Kier alpha value is -13.8. The van der Waals surface area contributed by atoms with Crippen molar-refractivity contribution >= 4 is 99.2 Å². The van der Waals surface area contributed by atoms with Gasteiger partial charge in [-0.25, -0.2) is 65.7 Å². The lowest BCUT2D eigenvalue weighted by atomic mass is 10.1. The van der Waals surface area contributed by atoms with Crippen molar-refractivity contribution < 1.29 is 35.5 Å². The van der Waals surface area contributed by atoms with Gasteiger partial charge in [-0.3, -0.25) is 33.7 Å². The van der Waals surface area contributed by atoms with Crippen molar-refractivity contribution in [2.45, 2.75) is 32.7 Å². The Kier molecular flexibility index (Phi) is 11.1. The van der Waals surface area contributed by atoms with E-state index in [1.54, 1.807) is 49.4 Å². The number of thiophene rings is 1. The average Bonchev–Trinajstić information content (AvgIpc) is 1.74. The van der Waals surface area contributed by atoms with Crippen LogP contribution in [0.2, 0.25) is 0 Å². The molecule has 0 saturated heterocycles. The van der Waals surface area contributed by atoms with Crippen LogP contribution < -0.4 is 22.8 Å². The van der Waals surface area contributed by atoms with Crippen LogP contribution in [0.1, 0.15) is 36.0 Å². The molecule has 5 aliphatic rings. The molecule has 21 aromatic rings. The number of imidazole rings is 4. The minimum Gasteiger partial charge on any atom is -0.380 e. The fourth-order valence-corrected chi connectivity index (χ4v) is 17.3. The standard InChI is InChI=1S/C20H14N5.2C15H12N5.C15H11N4S.C14H9N4O/c1-2-5-15(6-3-1)25-19-16-7-9-21-12-14(16)13-24(19)17-11-18-22-8-4-10-23(18)20(17)25;2*1-18-14-11-3-5-16-8-10(11)9-20(14)12-7-13-17-4-2-6-19(13)15(12)18;1-18-12-11-3-2-5-17-13(11)20-15(12)19-8-9-7-16-6-4-10(9)14(18)19;1-3-16-12-6-11-14(17(12)5-1)19-13-10-2-4-15-7-9(10)8-18(11)13/h1-12H,13H2;2*2-8H,9H2,1H3;2-7H,8H2,1H3;1-7H,8H2/q5*+1/i;1D3;;1D3;. The van der Waals surface area contributed by atoms with Crippen LogP contribution in [0.15, 0.2) is 243 Å². The molecular weight excluding hydrogens is 1320 g/mol. The van der Waals surface area contributed by atoms with Crippen molar-refractivity contribution in [3.05, 3.63) is 267 Å². The predicted molar refractivity (Wildman–Crippen MR) is 389 cm³/mol. The molecular formula is C79H58N23OS+5. The average molecular weight is 1380 g/mol. The number of rotatable bonds is 1. The largest absolute Gasteiger partial charge is 0.383 e. The van der Waals surface area contributed by atoms with Crippen molar-refractivity contribution in [1.82, 2.24) is 85.7 Å². The third kappa shape index (κ3) is 8.30. The fraction of sp³-hybridized carbons (Fsp3) is 0.101. The van der Waals surface area contributed by atoms with Gasteiger partial charge >= 0.3 is 5.89 Å². The molecule has 25 heteroatoms. The summed E-state index contributed by atoms with van der Waals surface area (Å²) in [4.78, 5) is 44.8. The molecule has 0 aliphatic carbocycles. The topological polar surface area (TPSA) is 199 Å². The fourth-order valence-electron chi connectivity index (χ4n) is 16.2. The summed E-state index contributed by atoms with van der Waals surface area (Å²) in [6, 6.07) is 40.2. The number of benzene rings is 1. The summed E-state index contributed by atoms with van der Waals surface area (Å²) in [7, 11) is 2.11. The number of para-hydroxylation sites is 1. The molecule has 24 nitrogen and oxygen atoms in total. The monoisotopic (exact) mass is 1380 g/mol. The molecule has 26 rings (SSSR count). The SMILES string of the molecule is C[n+]1c2n(c3cc4ncccn4c31)Cc1cnccc1-2.[2H]C([2H])([2H])[n+]1c2n(c3cc4ncccn4c31)Cc1cnccc1-2.[2H]C([2H])([2H])n1c2[n+](c3sc4ncccc4c31)Cc1cnccc1-2.c1ccc(-n2c3[n+](c4cc5ncccn5c42)Cc2cnccc2-3)cc1.c1cnc2cc3c(oc4[n+]3Cc3cnccc3-4)n2c1. The van der Waals surface area contributed by atoms with Gasteiger partial charge in [-0.15, -0.1) is 0 Å². The molecule has 0 atom stereocenters. The Labute approximate surface area is 600 Å². The highest BCUT2D eigenvalue weighted by Gasteiger charge is 2.40. The van der Waals surface area contributed by atoms with Gasteiger partial charge in [0.25, 0.3) is 39.8 Å². The van der Waals surface area contributed by atoms with Crippen LogP contribution in [-0.4, -0.2) is 85.7 Å². The van der Waals surface area contributed by atoms with Crippen LogP contribution in [-0.2, 0) is 53.7 Å². The van der Waals surface area contributed by atoms with Crippen LogP contribution in [0.4, 0.5) is 0 Å². The van der Waals surface area contributed by atoms with E-state index >= 15 is 0 Å². The van der Waals surface area contributed by atoms with E-state index in [4.69, 9.17) is 12.6 Å². The Morgan fingerprint density at radius 2 is 0.962 bits per heavy atom. The molecule has 496 valence electrons. The van der Waals surface area contributed by atoms with Crippen LogP contribution >= 0.6 is 11.3 Å². The summed E-state index contributed by atoms with van der Waals surface area (Å²) in [5, 5.41) is 0.890. The van der Waals surface area contributed by atoms with Crippen LogP contribution in [0.5, 0.6) is 0 Å². The van der Waals surface area contributed by atoms with Gasteiger partial charge in [0.05, 0.1) is 99.5 Å². The van der Waals surface area contributed by atoms with E-state index in [-0.39, 0.29) is 0 Å². The summed E-state index contributed by atoms with van der Waals surface area (Å²) in [6.45, 7) is -0.748. The van der Waals surface area contributed by atoms with Gasteiger partial charge in [0.15, 0.2) is 39.9 Å². The summed E-state index contributed by atoms with van der Waals surface area (Å²) in [5.74, 6) is 4.78. The molecule has 0 unspecified atom stereocenters. The predicted octanol–water partition coefficient (Wildman–Crippen LogP) is 10.4. The van der Waals surface area contributed by atoms with Crippen molar-refractivity contribution in [3.63, 3.8) is 0 Å². The highest BCUT2D eigenvalue weighted by molar-refractivity contribution is 7.24. The maximum Gasteiger partial charge on any atom is 0.383 e.